The van der Waals surface area contributed by atoms with E-state index in [0.29, 0.717) is 6.04 Å². The molecule has 0 aromatic heterocycles. The highest BCUT2D eigenvalue weighted by atomic mass is 127. The van der Waals surface area contributed by atoms with E-state index in [4.69, 9.17) is 4.99 Å². The number of rotatable bonds is 7. The molecule has 0 amide bonds. The van der Waals surface area contributed by atoms with Gasteiger partial charge in [-0.25, -0.2) is 0 Å². The maximum atomic E-state index is 4.83. The summed E-state index contributed by atoms with van der Waals surface area (Å²) >= 11 is 0. The molecule has 2 rings (SSSR count). The van der Waals surface area contributed by atoms with E-state index in [-0.39, 0.29) is 24.0 Å². The van der Waals surface area contributed by atoms with E-state index in [0.717, 1.165) is 31.6 Å². The molecule has 1 atom stereocenters. The molecule has 1 unspecified atom stereocenters. The van der Waals surface area contributed by atoms with Gasteiger partial charge in [-0.15, -0.1) is 24.0 Å². The maximum Gasteiger partial charge on any atom is 0.191 e. The van der Waals surface area contributed by atoms with Crippen molar-refractivity contribution in [3.8, 4) is 0 Å². The van der Waals surface area contributed by atoms with Gasteiger partial charge in [0.05, 0.1) is 6.54 Å². The molecule has 0 aromatic rings. The van der Waals surface area contributed by atoms with Crippen LogP contribution in [0.1, 0.15) is 59.3 Å². The molecule has 25 heavy (non-hydrogen) atoms. The van der Waals surface area contributed by atoms with Gasteiger partial charge in [-0.05, 0) is 59.0 Å². The third-order valence-corrected chi connectivity index (χ3v) is 5.41. The second-order valence-corrected chi connectivity index (χ2v) is 7.40. The second kappa shape index (κ2) is 13.1. The van der Waals surface area contributed by atoms with Gasteiger partial charge in [0, 0.05) is 38.3 Å². The minimum atomic E-state index is 0. The van der Waals surface area contributed by atoms with Crippen molar-refractivity contribution >= 4 is 29.9 Å². The normalized spacial score (nSPS) is 24.0. The summed E-state index contributed by atoms with van der Waals surface area (Å²) in [5, 5.41) is 7.08. The van der Waals surface area contributed by atoms with Crippen molar-refractivity contribution in [2.45, 2.75) is 71.4 Å². The molecule has 2 heterocycles. The number of aliphatic imine (C=N–C) groups is 1. The second-order valence-electron chi connectivity index (χ2n) is 7.40. The first-order valence-electron chi connectivity index (χ1n) is 10.2. The van der Waals surface area contributed by atoms with E-state index >= 15 is 0 Å². The zero-order chi connectivity index (χ0) is 17.2. The monoisotopic (exact) mass is 465 g/mol. The first-order chi connectivity index (χ1) is 11.7. The van der Waals surface area contributed by atoms with Gasteiger partial charge in [-0.1, -0.05) is 13.3 Å². The summed E-state index contributed by atoms with van der Waals surface area (Å²) in [5.74, 6) is 1.01. The number of guanidine groups is 1. The molecule has 0 saturated carbocycles. The number of likely N-dealkylation sites (tertiary alicyclic amines) is 2. The largest absolute Gasteiger partial charge is 0.357 e. The third kappa shape index (κ3) is 8.43. The van der Waals surface area contributed by atoms with Gasteiger partial charge in [0.25, 0.3) is 0 Å². The lowest BCUT2D eigenvalue weighted by Crippen LogP contribution is -2.49. The molecule has 0 aliphatic carbocycles. The van der Waals surface area contributed by atoms with Crippen LogP contribution in [0.2, 0.25) is 0 Å². The summed E-state index contributed by atoms with van der Waals surface area (Å²) in [6.07, 6.45) is 7.81. The third-order valence-electron chi connectivity index (χ3n) is 5.41. The average molecular weight is 465 g/mol. The van der Waals surface area contributed by atoms with Gasteiger partial charge in [0.15, 0.2) is 5.96 Å². The average Bonchev–Trinajstić information content (AvgIpc) is 2.59. The summed E-state index contributed by atoms with van der Waals surface area (Å²) in [5.41, 5.74) is 0. The minimum Gasteiger partial charge on any atom is -0.357 e. The van der Waals surface area contributed by atoms with E-state index in [9.17, 15) is 0 Å². The number of halogens is 1. The van der Waals surface area contributed by atoms with Crippen LogP contribution in [-0.2, 0) is 0 Å². The first-order valence-corrected chi connectivity index (χ1v) is 10.2. The highest BCUT2D eigenvalue weighted by Gasteiger charge is 2.20. The Bertz CT molecular complexity index is 369. The first kappa shape index (κ1) is 23.0. The van der Waals surface area contributed by atoms with Crippen molar-refractivity contribution in [1.82, 2.24) is 20.4 Å². The Morgan fingerprint density at radius 2 is 1.80 bits per heavy atom. The number of nitrogens with zero attached hydrogens (tertiary/aromatic N) is 3. The number of nitrogens with one attached hydrogen (secondary N) is 2. The Kier molecular flexibility index (Phi) is 12.1. The molecule has 0 radical (unpaired) electrons. The fourth-order valence-corrected chi connectivity index (χ4v) is 3.91. The molecule has 2 saturated heterocycles. The molecule has 0 bridgehead atoms. The predicted octanol–water partition coefficient (Wildman–Crippen LogP) is 2.91. The molecule has 6 heteroatoms. The Hall–Kier alpha value is -0.0800. The number of piperidine rings is 2. The fraction of sp³-hybridized carbons (Fsp3) is 0.947. The zero-order valence-corrected chi connectivity index (χ0v) is 18.9. The lowest BCUT2D eigenvalue weighted by Gasteiger charge is -2.33. The standard InChI is InChI=1S/C19H39N5.HI/c1-4-12-23-14-9-18(10-15-23)22-19(20-5-2)21-11-16-24-13-7-6-8-17(24)3;/h17-18H,4-16H2,1-3H3,(H2,20,21,22);1H. The summed E-state index contributed by atoms with van der Waals surface area (Å²) in [7, 11) is 0. The van der Waals surface area contributed by atoms with Crippen LogP contribution in [0.25, 0.3) is 0 Å². The van der Waals surface area contributed by atoms with Crippen LogP contribution < -0.4 is 10.6 Å². The van der Waals surface area contributed by atoms with Crippen LogP contribution in [0.3, 0.4) is 0 Å². The summed E-state index contributed by atoms with van der Waals surface area (Å²) in [4.78, 5) is 10.0. The minimum absolute atomic E-state index is 0. The van der Waals surface area contributed by atoms with Gasteiger partial charge < -0.3 is 15.5 Å². The van der Waals surface area contributed by atoms with Crippen molar-refractivity contribution in [3.63, 3.8) is 0 Å². The highest BCUT2D eigenvalue weighted by molar-refractivity contribution is 14.0. The molecule has 148 valence electrons. The SMILES string of the molecule is CCCN1CCC(NC(=NCCN2CCCCC2C)NCC)CC1.I. The van der Waals surface area contributed by atoms with Crippen LogP contribution >= 0.6 is 24.0 Å². The highest BCUT2D eigenvalue weighted by Crippen LogP contribution is 2.15. The molecular weight excluding hydrogens is 425 g/mol. The number of hydrogen-bond acceptors (Lipinski definition) is 3. The van der Waals surface area contributed by atoms with Crippen molar-refractivity contribution in [1.29, 1.82) is 0 Å². The van der Waals surface area contributed by atoms with Crippen LogP contribution in [0.5, 0.6) is 0 Å². The summed E-state index contributed by atoms with van der Waals surface area (Å²) < 4.78 is 0. The zero-order valence-electron chi connectivity index (χ0n) is 16.6. The number of hydrogen-bond donors (Lipinski definition) is 2. The maximum absolute atomic E-state index is 4.83. The quantitative estimate of drug-likeness (QED) is 0.345. The Balaban J connectivity index is 0.00000312. The fourth-order valence-electron chi connectivity index (χ4n) is 3.91. The lowest BCUT2D eigenvalue weighted by atomic mass is 10.0. The summed E-state index contributed by atoms with van der Waals surface area (Å²) in [6, 6.07) is 1.30. The van der Waals surface area contributed by atoms with Crippen molar-refractivity contribution in [2.75, 3.05) is 45.8 Å². The van der Waals surface area contributed by atoms with Crippen molar-refractivity contribution in [3.05, 3.63) is 0 Å². The van der Waals surface area contributed by atoms with E-state index in [2.05, 4.69) is 41.2 Å². The van der Waals surface area contributed by atoms with Gasteiger partial charge in [0.1, 0.15) is 0 Å². The summed E-state index contributed by atoms with van der Waals surface area (Å²) in [6.45, 7) is 14.6. The van der Waals surface area contributed by atoms with E-state index in [1.54, 1.807) is 0 Å². The van der Waals surface area contributed by atoms with Crippen LogP contribution in [-0.4, -0.2) is 73.7 Å². The van der Waals surface area contributed by atoms with E-state index in [1.165, 1.54) is 64.7 Å². The molecule has 2 aliphatic heterocycles. The van der Waals surface area contributed by atoms with Gasteiger partial charge in [-0.2, -0.15) is 0 Å². The van der Waals surface area contributed by atoms with Crippen LogP contribution in [0.4, 0.5) is 0 Å². The van der Waals surface area contributed by atoms with Gasteiger partial charge in [0.2, 0.25) is 0 Å². The van der Waals surface area contributed by atoms with Gasteiger partial charge in [-0.3, -0.25) is 9.89 Å². The van der Waals surface area contributed by atoms with Crippen molar-refractivity contribution < 1.29 is 0 Å². The molecule has 2 N–H and O–H groups in total. The Labute approximate surface area is 172 Å². The molecule has 2 fully saturated rings. The lowest BCUT2D eigenvalue weighted by molar-refractivity contribution is 0.165. The predicted molar refractivity (Wildman–Crippen MR) is 119 cm³/mol. The molecule has 0 aromatic carbocycles. The van der Waals surface area contributed by atoms with Crippen LogP contribution in [0, 0.1) is 0 Å². The molecule has 2 aliphatic rings. The van der Waals surface area contributed by atoms with E-state index < -0.39 is 0 Å². The van der Waals surface area contributed by atoms with Crippen molar-refractivity contribution in [2.24, 2.45) is 4.99 Å². The topological polar surface area (TPSA) is 42.9 Å². The molecule has 5 nitrogen and oxygen atoms in total. The molecular formula is C19H40IN5. The Morgan fingerprint density at radius 1 is 1.04 bits per heavy atom. The van der Waals surface area contributed by atoms with E-state index in [1.807, 2.05) is 0 Å². The van der Waals surface area contributed by atoms with Crippen LogP contribution in [0.15, 0.2) is 4.99 Å². The molecule has 0 spiro atoms. The van der Waals surface area contributed by atoms with Gasteiger partial charge >= 0.3 is 0 Å². The Morgan fingerprint density at radius 3 is 2.44 bits per heavy atom. The smallest absolute Gasteiger partial charge is 0.191 e.